The highest BCUT2D eigenvalue weighted by atomic mass is 19.1. The van der Waals surface area contributed by atoms with Crippen molar-refractivity contribution in [3.63, 3.8) is 0 Å². The van der Waals surface area contributed by atoms with Gasteiger partial charge in [0.25, 0.3) is 0 Å². The maximum absolute atomic E-state index is 13.3. The van der Waals surface area contributed by atoms with E-state index in [9.17, 15) is 14.0 Å². The van der Waals surface area contributed by atoms with Gasteiger partial charge in [0, 0.05) is 0 Å². The number of halogens is 1. The molecule has 0 aromatic heterocycles. The average Bonchev–Trinajstić information content (AvgIpc) is 3.00. The van der Waals surface area contributed by atoms with Gasteiger partial charge < -0.3 is 14.8 Å². The fourth-order valence-corrected chi connectivity index (χ4v) is 2.45. The van der Waals surface area contributed by atoms with Gasteiger partial charge in [-0.15, -0.1) is 0 Å². The molecule has 2 aromatic rings. The Morgan fingerprint density at radius 2 is 2.04 bits per heavy atom. The summed E-state index contributed by atoms with van der Waals surface area (Å²) in [6, 6.07) is 15.0. The van der Waals surface area contributed by atoms with E-state index in [0.29, 0.717) is 5.69 Å². The largest absolute Gasteiger partial charge is 0.445 e. The molecule has 0 saturated carbocycles. The molecule has 0 aliphatic carbocycles. The van der Waals surface area contributed by atoms with Crippen LogP contribution in [0.4, 0.5) is 19.7 Å². The lowest BCUT2D eigenvalue weighted by Crippen LogP contribution is -2.34. The summed E-state index contributed by atoms with van der Waals surface area (Å²) in [5, 5.41) is 2.56. The van der Waals surface area contributed by atoms with Gasteiger partial charge in [-0.1, -0.05) is 36.4 Å². The Morgan fingerprint density at radius 3 is 2.80 bits per heavy atom. The number of ether oxygens (including phenoxy) is 2. The van der Waals surface area contributed by atoms with Gasteiger partial charge in [-0.05, 0) is 23.8 Å². The van der Waals surface area contributed by atoms with E-state index in [2.05, 4.69) is 5.32 Å². The van der Waals surface area contributed by atoms with E-state index in [1.807, 2.05) is 30.3 Å². The van der Waals surface area contributed by atoms with Crippen LogP contribution in [-0.4, -0.2) is 31.4 Å². The summed E-state index contributed by atoms with van der Waals surface area (Å²) in [5.41, 5.74) is 1.29. The average molecular weight is 344 g/mol. The Kier molecular flexibility index (Phi) is 5.13. The zero-order chi connectivity index (χ0) is 17.6. The zero-order valence-corrected chi connectivity index (χ0v) is 13.4. The minimum Gasteiger partial charge on any atom is -0.445 e. The van der Waals surface area contributed by atoms with Crippen molar-refractivity contribution >= 4 is 17.9 Å². The van der Waals surface area contributed by atoms with E-state index < -0.39 is 24.1 Å². The minimum absolute atomic E-state index is 0.116. The van der Waals surface area contributed by atoms with E-state index in [4.69, 9.17) is 9.47 Å². The number of cyclic esters (lactones) is 1. The molecule has 6 nitrogen and oxygen atoms in total. The van der Waals surface area contributed by atoms with Gasteiger partial charge in [-0.3, -0.25) is 4.90 Å². The van der Waals surface area contributed by atoms with Crippen LogP contribution in [0.2, 0.25) is 0 Å². The van der Waals surface area contributed by atoms with Crippen LogP contribution in [0.15, 0.2) is 54.6 Å². The highest BCUT2D eigenvalue weighted by Crippen LogP contribution is 2.22. The number of nitrogens with zero attached hydrogens (tertiary/aromatic N) is 1. The van der Waals surface area contributed by atoms with Crippen molar-refractivity contribution in [3.8, 4) is 0 Å². The first kappa shape index (κ1) is 16.8. The first-order chi connectivity index (χ1) is 12.1. The second kappa shape index (κ2) is 7.65. The molecule has 1 fully saturated rings. The van der Waals surface area contributed by atoms with Crippen LogP contribution in [0.25, 0.3) is 0 Å². The van der Waals surface area contributed by atoms with Crippen molar-refractivity contribution in [1.29, 1.82) is 0 Å². The minimum atomic E-state index is -0.593. The van der Waals surface area contributed by atoms with Crippen LogP contribution in [-0.2, 0) is 16.1 Å². The van der Waals surface area contributed by atoms with Gasteiger partial charge in [-0.25, -0.2) is 14.0 Å². The molecular weight excluding hydrogens is 327 g/mol. The van der Waals surface area contributed by atoms with Gasteiger partial charge in [-0.2, -0.15) is 0 Å². The molecule has 2 aromatic carbocycles. The van der Waals surface area contributed by atoms with Gasteiger partial charge in [0.15, 0.2) is 0 Å². The molecule has 3 rings (SSSR count). The number of carbonyl (C=O) groups excluding carboxylic acids is 2. The number of amides is 2. The summed E-state index contributed by atoms with van der Waals surface area (Å²) in [6.45, 7) is 0.499. The smallest absolute Gasteiger partial charge is 0.414 e. The molecule has 0 radical (unpaired) electrons. The van der Waals surface area contributed by atoms with E-state index in [0.717, 1.165) is 5.56 Å². The third kappa shape index (κ3) is 4.47. The number of hydrogen-bond donors (Lipinski definition) is 1. The summed E-state index contributed by atoms with van der Waals surface area (Å²) in [6.07, 6.45) is -1.70. The lowest BCUT2D eigenvalue weighted by Gasteiger charge is -2.13. The molecule has 1 aliphatic rings. The molecule has 1 aliphatic heterocycles. The predicted octanol–water partition coefficient (Wildman–Crippen LogP) is 3.08. The summed E-state index contributed by atoms with van der Waals surface area (Å²) in [4.78, 5) is 24.9. The number of anilines is 1. The van der Waals surface area contributed by atoms with Crippen molar-refractivity contribution in [3.05, 3.63) is 66.0 Å². The first-order valence-electron chi connectivity index (χ1n) is 7.80. The molecule has 1 saturated heterocycles. The lowest BCUT2D eigenvalue weighted by molar-refractivity contribution is 0.121. The fourth-order valence-electron chi connectivity index (χ4n) is 2.45. The summed E-state index contributed by atoms with van der Waals surface area (Å²) in [5.74, 6) is -0.434. The highest BCUT2D eigenvalue weighted by molar-refractivity contribution is 5.89. The highest BCUT2D eigenvalue weighted by Gasteiger charge is 2.32. The molecule has 1 unspecified atom stereocenters. The first-order valence-corrected chi connectivity index (χ1v) is 7.80. The van der Waals surface area contributed by atoms with Crippen LogP contribution >= 0.6 is 0 Å². The van der Waals surface area contributed by atoms with Gasteiger partial charge in [0.2, 0.25) is 0 Å². The molecule has 1 atom stereocenters. The molecule has 0 spiro atoms. The SMILES string of the molecule is O=C(NCC1CN(c2cccc(F)c2)C(=O)O1)OCc1ccccc1. The Hall–Kier alpha value is -3.09. The topological polar surface area (TPSA) is 67.9 Å². The Labute approximate surface area is 144 Å². The normalized spacial score (nSPS) is 16.4. The van der Waals surface area contributed by atoms with E-state index >= 15 is 0 Å². The van der Waals surface area contributed by atoms with Gasteiger partial charge in [0.1, 0.15) is 18.5 Å². The van der Waals surface area contributed by atoms with Crippen LogP contribution in [0.3, 0.4) is 0 Å². The zero-order valence-electron chi connectivity index (χ0n) is 13.4. The molecule has 7 heteroatoms. The predicted molar refractivity (Wildman–Crippen MR) is 88.6 cm³/mol. The standard InChI is InChI=1S/C18H17FN2O4/c19-14-7-4-8-15(9-14)21-11-16(25-18(21)23)10-20-17(22)24-12-13-5-2-1-3-6-13/h1-9,16H,10-12H2,(H,20,22). The summed E-state index contributed by atoms with van der Waals surface area (Å²) < 4.78 is 23.5. The third-order valence-corrected chi connectivity index (χ3v) is 3.68. The van der Waals surface area contributed by atoms with E-state index in [-0.39, 0.29) is 19.7 Å². The second-order valence-electron chi connectivity index (χ2n) is 5.54. The lowest BCUT2D eigenvalue weighted by atomic mass is 10.2. The number of benzene rings is 2. The van der Waals surface area contributed by atoms with Gasteiger partial charge >= 0.3 is 12.2 Å². The Balaban J connectivity index is 1.46. The molecule has 25 heavy (non-hydrogen) atoms. The molecular formula is C18H17FN2O4. The summed E-state index contributed by atoms with van der Waals surface area (Å²) in [7, 11) is 0. The quantitative estimate of drug-likeness (QED) is 0.905. The van der Waals surface area contributed by atoms with E-state index in [1.54, 1.807) is 6.07 Å². The van der Waals surface area contributed by atoms with Crippen LogP contribution in [0.5, 0.6) is 0 Å². The van der Waals surface area contributed by atoms with Crippen molar-refractivity contribution in [1.82, 2.24) is 5.32 Å². The van der Waals surface area contributed by atoms with Crippen molar-refractivity contribution < 1.29 is 23.5 Å². The maximum atomic E-state index is 13.3. The molecule has 1 heterocycles. The van der Waals surface area contributed by atoms with Crippen molar-refractivity contribution in [2.24, 2.45) is 0 Å². The number of alkyl carbamates (subject to hydrolysis) is 1. The molecule has 1 N–H and O–H groups in total. The Morgan fingerprint density at radius 1 is 1.24 bits per heavy atom. The maximum Gasteiger partial charge on any atom is 0.414 e. The van der Waals surface area contributed by atoms with Crippen LogP contribution in [0, 0.1) is 5.82 Å². The van der Waals surface area contributed by atoms with Crippen molar-refractivity contribution in [2.75, 3.05) is 18.0 Å². The molecule has 0 bridgehead atoms. The fraction of sp³-hybridized carbons (Fsp3) is 0.222. The number of rotatable bonds is 5. The van der Waals surface area contributed by atoms with Crippen molar-refractivity contribution in [2.45, 2.75) is 12.7 Å². The van der Waals surface area contributed by atoms with Gasteiger partial charge in [0.05, 0.1) is 18.8 Å². The number of nitrogens with one attached hydrogen (secondary N) is 1. The molecule has 2 amide bonds. The number of hydrogen-bond acceptors (Lipinski definition) is 4. The second-order valence-corrected chi connectivity index (χ2v) is 5.54. The molecule has 130 valence electrons. The number of carbonyl (C=O) groups is 2. The monoisotopic (exact) mass is 344 g/mol. The van der Waals surface area contributed by atoms with E-state index in [1.165, 1.54) is 23.1 Å². The van der Waals surface area contributed by atoms with Crippen LogP contribution < -0.4 is 10.2 Å². The van der Waals surface area contributed by atoms with Crippen LogP contribution in [0.1, 0.15) is 5.56 Å². The summed E-state index contributed by atoms with van der Waals surface area (Å²) >= 11 is 0. The Bertz CT molecular complexity index is 754. The third-order valence-electron chi connectivity index (χ3n) is 3.68.